The molecule has 2 amide bonds. The van der Waals surface area contributed by atoms with Crippen LogP contribution in [0.3, 0.4) is 0 Å². The molecule has 2 saturated heterocycles. The van der Waals surface area contributed by atoms with Crippen molar-refractivity contribution < 1.29 is 4.79 Å². The van der Waals surface area contributed by atoms with Crippen LogP contribution in [0, 0.1) is 5.41 Å². The molecular formula is C11H20N4O. The largest absolute Gasteiger partial charge is 0.386 e. The normalized spacial score (nSPS) is 25.9. The van der Waals surface area contributed by atoms with E-state index in [0.717, 1.165) is 45.3 Å². The fourth-order valence-electron chi connectivity index (χ4n) is 2.59. The highest BCUT2D eigenvalue weighted by Gasteiger charge is 2.33. The van der Waals surface area contributed by atoms with Crippen molar-refractivity contribution in [2.45, 2.75) is 38.1 Å². The fourth-order valence-corrected chi connectivity index (χ4v) is 2.59. The summed E-state index contributed by atoms with van der Waals surface area (Å²) < 4.78 is 0. The van der Waals surface area contributed by atoms with Gasteiger partial charge in [0.2, 0.25) is 0 Å². The minimum Gasteiger partial charge on any atom is -0.386 e. The second kappa shape index (κ2) is 4.72. The van der Waals surface area contributed by atoms with Crippen molar-refractivity contribution in [2.75, 3.05) is 19.6 Å². The maximum absolute atomic E-state index is 12.2. The van der Waals surface area contributed by atoms with Gasteiger partial charge in [0.25, 0.3) is 0 Å². The van der Waals surface area contributed by atoms with Gasteiger partial charge in [0.1, 0.15) is 5.84 Å². The second-order valence-electron chi connectivity index (χ2n) is 4.64. The van der Waals surface area contributed by atoms with Crippen LogP contribution in [0.15, 0.2) is 0 Å². The molecule has 1 atom stereocenters. The third-order valence-electron chi connectivity index (χ3n) is 3.48. The topological polar surface area (TPSA) is 73.4 Å². The summed E-state index contributed by atoms with van der Waals surface area (Å²) in [6, 6.07) is -0.0770. The van der Waals surface area contributed by atoms with Crippen LogP contribution in [0.1, 0.15) is 32.1 Å². The van der Waals surface area contributed by atoms with E-state index in [2.05, 4.69) is 0 Å². The van der Waals surface area contributed by atoms with Crippen molar-refractivity contribution in [1.29, 1.82) is 5.41 Å². The van der Waals surface area contributed by atoms with Crippen molar-refractivity contribution in [1.82, 2.24) is 9.80 Å². The molecule has 2 aliphatic rings. The van der Waals surface area contributed by atoms with E-state index in [1.807, 2.05) is 4.90 Å². The molecule has 2 fully saturated rings. The summed E-state index contributed by atoms with van der Waals surface area (Å²) in [5, 5.41) is 7.49. The Morgan fingerprint density at radius 3 is 2.44 bits per heavy atom. The van der Waals surface area contributed by atoms with Crippen LogP contribution in [-0.4, -0.2) is 47.3 Å². The summed E-state index contributed by atoms with van der Waals surface area (Å²) in [4.78, 5) is 15.9. The molecule has 0 saturated carbocycles. The number of hydrogen-bond acceptors (Lipinski definition) is 2. The average Bonchev–Trinajstić information content (AvgIpc) is 2.78. The molecular weight excluding hydrogens is 204 g/mol. The van der Waals surface area contributed by atoms with Gasteiger partial charge in [0.15, 0.2) is 0 Å². The summed E-state index contributed by atoms with van der Waals surface area (Å²) in [5.41, 5.74) is 5.53. The zero-order chi connectivity index (χ0) is 11.5. The molecule has 16 heavy (non-hydrogen) atoms. The molecule has 0 aromatic heterocycles. The van der Waals surface area contributed by atoms with E-state index < -0.39 is 0 Å². The lowest BCUT2D eigenvalue weighted by Crippen LogP contribution is -2.50. The van der Waals surface area contributed by atoms with Crippen LogP contribution in [0.4, 0.5) is 4.79 Å². The van der Waals surface area contributed by atoms with Crippen LogP contribution in [0.5, 0.6) is 0 Å². The van der Waals surface area contributed by atoms with Gasteiger partial charge in [-0.25, -0.2) is 4.79 Å². The monoisotopic (exact) mass is 224 g/mol. The number of nitrogens with two attached hydrogens (primary N) is 1. The Balaban J connectivity index is 1.99. The molecule has 90 valence electrons. The molecule has 0 aliphatic carbocycles. The quantitative estimate of drug-likeness (QED) is 0.515. The molecule has 0 radical (unpaired) electrons. The Kier molecular flexibility index (Phi) is 3.31. The van der Waals surface area contributed by atoms with Crippen LogP contribution in [-0.2, 0) is 0 Å². The SMILES string of the molecule is N=C(N)C1CCCN1C(=O)N1CCCCC1. The van der Waals surface area contributed by atoms with Crippen molar-refractivity contribution in [3.05, 3.63) is 0 Å². The first-order valence-electron chi connectivity index (χ1n) is 6.09. The second-order valence-corrected chi connectivity index (χ2v) is 4.64. The van der Waals surface area contributed by atoms with Crippen molar-refractivity contribution in [3.8, 4) is 0 Å². The molecule has 2 rings (SSSR count). The molecule has 2 heterocycles. The summed E-state index contributed by atoms with van der Waals surface area (Å²) in [6.45, 7) is 2.47. The number of amides is 2. The Hall–Kier alpha value is -1.26. The number of piperidine rings is 1. The summed E-state index contributed by atoms with van der Waals surface area (Å²) >= 11 is 0. The van der Waals surface area contributed by atoms with Gasteiger partial charge in [-0.15, -0.1) is 0 Å². The van der Waals surface area contributed by atoms with Crippen molar-refractivity contribution in [2.24, 2.45) is 5.73 Å². The molecule has 0 aromatic rings. The highest BCUT2D eigenvalue weighted by molar-refractivity contribution is 5.88. The van der Waals surface area contributed by atoms with Crippen LogP contribution in [0.2, 0.25) is 0 Å². The van der Waals surface area contributed by atoms with Gasteiger partial charge in [0.05, 0.1) is 6.04 Å². The van der Waals surface area contributed by atoms with Gasteiger partial charge in [0, 0.05) is 19.6 Å². The van der Waals surface area contributed by atoms with Gasteiger partial charge in [-0.1, -0.05) is 0 Å². The Labute approximate surface area is 96.1 Å². The number of urea groups is 1. The predicted octanol–water partition coefficient (Wildman–Crippen LogP) is 0.993. The van der Waals surface area contributed by atoms with Crippen LogP contribution < -0.4 is 5.73 Å². The van der Waals surface area contributed by atoms with Crippen molar-refractivity contribution in [3.63, 3.8) is 0 Å². The lowest BCUT2D eigenvalue weighted by Gasteiger charge is -2.33. The molecule has 0 bridgehead atoms. The Bertz CT molecular complexity index is 286. The number of carbonyl (C=O) groups is 1. The first kappa shape index (κ1) is 11.2. The van der Waals surface area contributed by atoms with Gasteiger partial charge >= 0.3 is 6.03 Å². The van der Waals surface area contributed by atoms with E-state index in [0.29, 0.717) is 0 Å². The number of amidine groups is 1. The minimum atomic E-state index is -0.158. The standard InChI is InChI=1S/C11H20N4O/c12-10(13)9-5-4-8-15(9)11(16)14-6-2-1-3-7-14/h9H,1-8H2,(H3,12,13). The Morgan fingerprint density at radius 2 is 1.81 bits per heavy atom. The number of hydrogen-bond donors (Lipinski definition) is 2. The van der Waals surface area contributed by atoms with Crippen LogP contribution in [0.25, 0.3) is 0 Å². The molecule has 2 aliphatic heterocycles. The van der Waals surface area contributed by atoms with E-state index in [-0.39, 0.29) is 17.9 Å². The third kappa shape index (κ3) is 2.13. The number of carbonyl (C=O) groups excluding carboxylic acids is 1. The molecule has 5 nitrogen and oxygen atoms in total. The van der Waals surface area contributed by atoms with Crippen molar-refractivity contribution >= 4 is 11.9 Å². The summed E-state index contributed by atoms with van der Waals surface area (Å²) in [7, 11) is 0. The first-order valence-corrected chi connectivity index (χ1v) is 6.09. The molecule has 0 aromatic carbocycles. The minimum absolute atomic E-state index is 0.0809. The number of nitrogens with zero attached hydrogens (tertiary/aromatic N) is 2. The smallest absolute Gasteiger partial charge is 0.320 e. The zero-order valence-corrected chi connectivity index (χ0v) is 9.61. The Morgan fingerprint density at radius 1 is 1.12 bits per heavy atom. The van der Waals surface area contributed by atoms with E-state index in [1.165, 1.54) is 6.42 Å². The highest BCUT2D eigenvalue weighted by atomic mass is 16.2. The number of likely N-dealkylation sites (tertiary alicyclic amines) is 2. The van der Waals surface area contributed by atoms with Gasteiger partial charge in [-0.3, -0.25) is 5.41 Å². The highest BCUT2D eigenvalue weighted by Crippen LogP contribution is 2.20. The van der Waals surface area contributed by atoms with Gasteiger partial charge in [-0.2, -0.15) is 0 Å². The maximum atomic E-state index is 12.2. The van der Waals surface area contributed by atoms with Gasteiger partial charge < -0.3 is 15.5 Å². The summed E-state index contributed by atoms with van der Waals surface area (Å²) in [6.07, 6.45) is 5.23. The zero-order valence-electron chi connectivity index (χ0n) is 9.61. The van der Waals surface area contributed by atoms with E-state index in [1.54, 1.807) is 4.90 Å². The molecule has 5 heteroatoms. The van der Waals surface area contributed by atoms with Gasteiger partial charge in [-0.05, 0) is 32.1 Å². The number of rotatable bonds is 1. The lowest BCUT2D eigenvalue weighted by molar-refractivity contribution is 0.147. The van der Waals surface area contributed by atoms with E-state index in [9.17, 15) is 4.79 Å². The lowest BCUT2D eigenvalue weighted by atomic mass is 10.1. The maximum Gasteiger partial charge on any atom is 0.320 e. The summed E-state index contributed by atoms with van der Waals surface area (Å²) in [5.74, 6) is 0.128. The van der Waals surface area contributed by atoms with E-state index in [4.69, 9.17) is 11.1 Å². The molecule has 0 spiro atoms. The predicted molar refractivity (Wildman–Crippen MR) is 62.5 cm³/mol. The first-order chi connectivity index (χ1) is 7.70. The molecule has 3 N–H and O–H groups in total. The average molecular weight is 224 g/mol. The molecule has 1 unspecified atom stereocenters. The fraction of sp³-hybridized carbons (Fsp3) is 0.818. The number of nitrogens with one attached hydrogen (secondary N) is 1. The van der Waals surface area contributed by atoms with Crippen LogP contribution >= 0.6 is 0 Å². The van der Waals surface area contributed by atoms with E-state index >= 15 is 0 Å². The third-order valence-corrected chi connectivity index (χ3v) is 3.48.